The maximum atomic E-state index is 10.7. The summed E-state index contributed by atoms with van der Waals surface area (Å²) >= 11 is 0. The summed E-state index contributed by atoms with van der Waals surface area (Å²) in [6.45, 7) is 3.09. The summed E-state index contributed by atoms with van der Waals surface area (Å²) in [7, 11) is 0. The molecule has 0 radical (unpaired) electrons. The second kappa shape index (κ2) is 5.76. The zero-order chi connectivity index (χ0) is 10.3. The first-order chi connectivity index (χ1) is 6.06. The van der Waals surface area contributed by atoms with E-state index in [4.69, 9.17) is 5.11 Å². The molecule has 6 nitrogen and oxygen atoms in total. The van der Waals surface area contributed by atoms with E-state index in [9.17, 15) is 14.4 Å². The van der Waals surface area contributed by atoms with E-state index in [1.165, 1.54) is 0 Å². The second-order valence-electron chi connectivity index (χ2n) is 2.04. The normalized spacial score (nSPS) is 8.62. The van der Waals surface area contributed by atoms with Gasteiger partial charge in [-0.15, -0.1) is 0 Å². The van der Waals surface area contributed by atoms with E-state index < -0.39 is 17.8 Å². The maximum absolute atomic E-state index is 10.7. The molecule has 0 aromatic carbocycles. The molecule has 0 aromatic heterocycles. The van der Waals surface area contributed by atoms with E-state index in [0.717, 1.165) is 6.08 Å². The highest BCUT2D eigenvalue weighted by Crippen LogP contribution is 1.88. The molecule has 0 atom stereocenters. The van der Waals surface area contributed by atoms with Crippen LogP contribution < -0.4 is 5.48 Å². The van der Waals surface area contributed by atoms with Crippen LogP contribution in [0.3, 0.4) is 0 Å². The number of amides is 1. The van der Waals surface area contributed by atoms with E-state index in [1.54, 1.807) is 5.48 Å². The standard InChI is InChI=1S/C7H9NO5/c1-2-7(12)13-8-5(9)3-4-6(10)11/h2H,1,3-4H2,(H,8,9)(H,10,11). The molecule has 0 rings (SSSR count). The predicted molar refractivity (Wildman–Crippen MR) is 41.3 cm³/mol. The number of carbonyl (C=O) groups is 3. The molecule has 0 aromatic rings. The van der Waals surface area contributed by atoms with Crippen molar-refractivity contribution in [2.75, 3.05) is 0 Å². The molecule has 1 amide bonds. The molecule has 0 aliphatic carbocycles. The number of carboxylic acids is 1. The Hall–Kier alpha value is -1.85. The molecular formula is C7H9NO5. The minimum absolute atomic E-state index is 0.236. The highest BCUT2D eigenvalue weighted by molar-refractivity contribution is 5.84. The van der Waals surface area contributed by atoms with E-state index in [2.05, 4.69) is 11.4 Å². The van der Waals surface area contributed by atoms with Crippen LogP contribution in [0.25, 0.3) is 0 Å². The zero-order valence-electron chi connectivity index (χ0n) is 6.78. The molecule has 0 spiro atoms. The van der Waals surface area contributed by atoms with Crippen molar-refractivity contribution in [1.29, 1.82) is 0 Å². The van der Waals surface area contributed by atoms with Crippen molar-refractivity contribution < 1.29 is 24.3 Å². The largest absolute Gasteiger partial charge is 0.481 e. The van der Waals surface area contributed by atoms with Gasteiger partial charge in [0.25, 0.3) is 5.91 Å². The second-order valence-corrected chi connectivity index (χ2v) is 2.04. The summed E-state index contributed by atoms with van der Waals surface area (Å²) in [6.07, 6.45) is 0.328. The maximum Gasteiger partial charge on any atom is 0.355 e. The van der Waals surface area contributed by atoms with Crippen LogP contribution in [0.4, 0.5) is 0 Å². The third-order valence-corrected chi connectivity index (χ3v) is 0.998. The van der Waals surface area contributed by atoms with Crippen LogP contribution in [-0.4, -0.2) is 23.0 Å². The minimum Gasteiger partial charge on any atom is -0.481 e. The first-order valence-electron chi connectivity index (χ1n) is 3.40. The third-order valence-electron chi connectivity index (χ3n) is 0.998. The smallest absolute Gasteiger partial charge is 0.355 e. The summed E-state index contributed by atoms with van der Waals surface area (Å²) in [5.41, 5.74) is 1.77. The van der Waals surface area contributed by atoms with Gasteiger partial charge in [-0.1, -0.05) is 6.58 Å². The number of aliphatic carboxylic acids is 1. The van der Waals surface area contributed by atoms with Gasteiger partial charge < -0.3 is 9.94 Å². The zero-order valence-corrected chi connectivity index (χ0v) is 6.78. The first-order valence-corrected chi connectivity index (χ1v) is 3.40. The fourth-order valence-electron chi connectivity index (χ4n) is 0.420. The number of carbonyl (C=O) groups excluding carboxylic acids is 2. The van der Waals surface area contributed by atoms with Gasteiger partial charge in [0.2, 0.25) is 0 Å². The van der Waals surface area contributed by atoms with Crippen LogP contribution in [0.2, 0.25) is 0 Å². The molecule has 0 saturated carbocycles. The van der Waals surface area contributed by atoms with Gasteiger partial charge in [-0.25, -0.2) is 4.79 Å². The molecule has 0 bridgehead atoms. The number of rotatable bonds is 4. The lowest BCUT2D eigenvalue weighted by Gasteiger charge is -2.01. The van der Waals surface area contributed by atoms with Crippen molar-refractivity contribution in [3.05, 3.63) is 12.7 Å². The van der Waals surface area contributed by atoms with Crippen molar-refractivity contribution in [2.45, 2.75) is 12.8 Å². The van der Waals surface area contributed by atoms with Gasteiger partial charge in [0, 0.05) is 12.5 Å². The highest BCUT2D eigenvalue weighted by atomic mass is 16.7. The van der Waals surface area contributed by atoms with Crippen LogP contribution >= 0.6 is 0 Å². The molecular weight excluding hydrogens is 178 g/mol. The number of hydrogen-bond donors (Lipinski definition) is 2. The number of hydroxylamine groups is 1. The highest BCUT2D eigenvalue weighted by Gasteiger charge is 2.06. The van der Waals surface area contributed by atoms with Crippen LogP contribution in [-0.2, 0) is 19.2 Å². The molecule has 0 saturated heterocycles. The third kappa shape index (κ3) is 6.54. The fourth-order valence-corrected chi connectivity index (χ4v) is 0.420. The summed E-state index contributed by atoms with van der Waals surface area (Å²) < 4.78 is 0. The lowest BCUT2D eigenvalue weighted by Crippen LogP contribution is -2.26. The van der Waals surface area contributed by atoms with Crippen LogP contribution in [0.15, 0.2) is 12.7 Å². The van der Waals surface area contributed by atoms with E-state index in [-0.39, 0.29) is 12.8 Å². The Bertz CT molecular complexity index is 235. The summed E-state index contributed by atoms with van der Waals surface area (Å²) in [5, 5.41) is 8.18. The Kier molecular flexibility index (Phi) is 4.94. The molecule has 0 aliphatic heterocycles. The minimum atomic E-state index is -1.09. The van der Waals surface area contributed by atoms with Crippen molar-refractivity contribution >= 4 is 17.8 Å². The van der Waals surface area contributed by atoms with Crippen molar-refractivity contribution in [3.63, 3.8) is 0 Å². The summed E-state index contributed by atoms with van der Waals surface area (Å²) in [5.74, 6) is -2.56. The molecule has 13 heavy (non-hydrogen) atoms. The number of carboxylic acid groups (broad SMARTS) is 1. The Morgan fingerprint density at radius 1 is 1.38 bits per heavy atom. The van der Waals surface area contributed by atoms with E-state index in [1.807, 2.05) is 0 Å². The Morgan fingerprint density at radius 3 is 2.46 bits per heavy atom. The van der Waals surface area contributed by atoms with Crippen molar-refractivity contribution in [1.82, 2.24) is 5.48 Å². The molecule has 72 valence electrons. The van der Waals surface area contributed by atoms with Gasteiger partial charge in [0.1, 0.15) is 0 Å². The quantitative estimate of drug-likeness (QED) is 0.462. The van der Waals surface area contributed by atoms with Gasteiger partial charge >= 0.3 is 11.9 Å². The van der Waals surface area contributed by atoms with Crippen molar-refractivity contribution in [3.8, 4) is 0 Å². The molecule has 2 N–H and O–H groups in total. The van der Waals surface area contributed by atoms with Gasteiger partial charge in [-0.2, -0.15) is 5.48 Å². The van der Waals surface area contributed by atoms with Gasteiger partial charge in [-0.05, 0) is 0 Å². The molecule has 0 unspecified atom stereocenters. The topological polar surface area (TPSA) is 92.7 Å². The Morgan fingerprint density at radius 2 is 2.00 bits per heavy atom. The number of nitrogens with one attached hydrogen (secondary N) is 1. The first kappa shape index (κ1) is 11.2. The predicted octanol–water partition coefficient (Wildman–Crippen LogP) is -0.388. The molecule has 0 heterocycles. The monoisotopic (exact) mass is 187 g/mol. The molecule has 6 heteroatoms. The average Bonchev–Trinajstić information content (AvgIpc) is 2.10. The lowest BCUT2D eigenvalue weighted by atomic mass is 10.3. The summed E-state index contributed by atoms with van der Waals surface area (Å²) in [4.78, 5) is 35.2. The van der Waals surface area contributed by atoms with Crippen LogP contribution in [0.1, 0.15) is 12.8 Å². The van der Waals surface area contributed by atoms with Gasteiger partial charge in [0.05, 0.1) is 6.42 Å². The average molecular weight is 187 g/mol. The Labute approximate surface area is 74.1 Å². The van der Waals surface area contributed by atoms with Gasteiger partial charge in [0.15, 0.2) is 0 Å². The van der Waals surface area contributed by atoms with Gasteiger partial charge in [-0.3, -0.25) is 9.59 Å². The SMILES string of the molecule is C=CC(=O)ONC(=O)CCC(=O)O. The number of hydrogen-bond acceptors (Lipinski definition) is 4. The van der Waals surface area contributed by atoms with Crippen molar-refractivity contribution in [2.24, 2.45) is 0 Å². The lowest BCUT2D eigenvalue weighted by molar-refractivity contribution is -0.154. The Balaban J connectivity index is 3.57. The van der Waals surface area contributed by atoms with Crippen LogP contribution in [0.5, 0.6) is 0 Å². The van der Waals surface area contributed by atoms with E-state index in [0.29, 0.717) is 0 Å². The summed E-state index contributed by atoms with van der Waals surface area (Å²) in [6, 6.07) is 0. The molecule has 0 aliphatic rings. The molecule has 0 fully saturated rings. The van der Waals surface area contributed by atoms with Crippen LogP contribution in [0, 0.1) is 0 Å². The van der Waals surface area contributed by atoms with E-state index >= 15 is 0 Å². The fraction of sp³-hybridized carbons (Fsp3) is 0.286.